The molecule has 1 aliphatic rings. The SMILES string of the molecule is CC/C=C(/Br)c1cc(C#N)c(C)cc1C.CC1CCC1.CO. The van der Waals surface area contributed by atoms with Gasteiger partial charge in [0.2, 0.25) is 0 Å². The number of nitrogens with zero attached hydrogens (tertiary/aromatic N) is 1. The Hall–Kier alpha value is -1.11. The van der Waals surface area contributed by atoms with Crippen LogP contribution in [0.25, 0.3) is 4.48 Å². The highest BCUT2D eigenvalue weighted by molar-refractivity contribution is 9.15. The molecule has 3 heteroatoms. The average Bonchev–Trinajstić information content (AvgIpc) is 2.48. The molecule has 0 heterocycles. The Labute approximate surface area is 144 Å². The third-order valence-electron chi connectivity index (χ3n) is 3.73. The first-order valence-electron chi connectivity index (χ1n) is 7.81. The van der Waals surface area contributed by atoms with Crippen molar-refractivity contribution in [1.29, 1.82) is 5.26 Å². The second-order valence-corrected chi connectivity index (χ2v) is 6.44. The molecule has 2 nitrogen and oxygen atoms in total. The third kappa shape index (κ3) is 6.77. The lowest BCUT2D eigenvalue weighted by Gasteiger charge is -2.18. The molecule has 0 aromatic heterocycles. The minimum Gasteiger partial charge on any atom is -0.400 e. The molecular formula is C19H28BrNO. The first-order valence-corrected chi connectivity index (χ1v) is 8.61. The highest BCUT2D eigenvalue weighted by atomic mass is 79.9. The number of nitriles is 1. The third-order valence-corrected chi connectivity index (χ3v) is 4.48. The number of hydrogen-bond donors (Lipinski definition) is 1. The standard InChI is InChI=1S/C13H14BrN.C5H10.CH4O/c1-4-5-13(14)12-7-11(8-15)9(2)6-10(12)3;1-5-3-2-4-5;1-2/h5-7H,4H2,1-3H3;5H,2-4H2,1H3;2H,1H3/b13-5+;;. The van der Waals surface area contributed by atoms with Crippen LogP contribution in [0.5, 0.6) is 0 Å². The van der Waals surface area contributed by atoms with Crippen molar-refractivity contribution in [3.63, 3.8) is 0 Å². The number of aliphatic hydroxyl groups is 1. The second kappa shape index (κ2) is 11.5. The molecule has 1 aliphatic carbocycles. The number of hydrogen-bond acceptors (Lipinski definition) is 2. The Kier molecular flexibility index (Phi) is 10.9. The Morgan fingerprint density at radius 2 is 1.86 bits per heavy atom. The van der Waals surface area contributed by atoms with E-state index in [0.717, 1.165) is 40.6 Å². The summed E-state index contributed by atoms with van der Waals surface area (Å²) in [5.41, 5.74) is 4.09. The predicted molar refractivity (Wildman–Crippen MR) is 99.0 cm³/mol. The summed E-state index contributed by atoms with van der Waals surface area (Å²) in [5, 5.41) is 16.0. The van der Waals surface area contributed by atoms with E-state index in [-0.39, 0.29) is 0 Å². The maximum Gasteiger partial charge on any atom is 0.0994 e. The minimum absolute atomic E-state index is 0.747. The fourth-order valence-corrected chi connectivity index (χ4v) is 2.88. The van der Waals surface area contributed by atoms with Gasteiger partial charge in [-0.3, -0.25) is 0 Å². The van der Waals surface area contributed by atoms with Gasteiger partial charge in [-0.05, 0) is 48.9 Å². The van der Waals surface area contributed by atoms with Crippen molar-refractivity contribution in [2.75, 3.05) is 7.11 Å². The summed E-state index contributed by atoms with van der Waals surface area (Å²) in [4.78, 5) is 0. The Morgan fingerprint density at radius 1 is 1.32 bits per heavy atom. The molecule has 1 fully saturated rings. The van der Waals surface area contributed by atoms with E-state index in [2.05, 4.69) is 54.9 Å². The lowest BCUT2D eigenvalue weighted by atomic mass is 9.88. The number of rotatable bonds is 2. The molecule has 2 rings (SSSR count). The van der Waals surface area contributed by atoms with Crippen LogP contribution in [0.1, 0.15) is 61.8 Å². The van der Waals surface area contributed by atoms with Gasteiger partial charge in [-0.1, -0.05) is 61.2 Å². The molecule has 0 aliphatic heterocycles. The van der Waals surface area contributed by atoms with Crippen molar-refractivity contribution in [3.8, 4) is 6.07 Å². The van der Waals surface area contributed by atoms with Gasteiger partial charge in [-0.25, -0.2) is 0 Å². The van der Waals surface area contributed by atoms with E-state index >= 15 is 0 Å². The highest BCUT2D eigenvalue weighted by Gasteiger charge is 2.09. The fourth-order valence-electron chi connectivity index (χ4n) is 2.13. The number of allylic oxidation sites excluding steroid dienone is 1. The van der Waals surface area contributed by atoms with E-state index in [0.29, 0.717) is 0 Å². The van der Waals surface area contributed by atoms with Gasteiger partial charge in [-0.15, -0.1) is 0 Å². The van der Waals surface area contributed by atoms with Crippen molar-refractivity contribution in [2.45, 2.75) is 53.4 Å². The largest absolute Gasteiger partial charge is 0.400 e. The van der Waals surface area contributed by atoms with Crippen LogP contribution in [-0.2, 0) is 0 Å². The molecule has 1 aromatic carbocycles. The summed E-state index contributed by atoms with van der Waals surface area (Å²) in [5.74, 6) is 1.06. The summed E-state index contributed by atoms with van der Waals surface area (Å²) >= 11 is 3.54. The van der Waals surface area contributed by atoms with Crippen LogP contribution < -0.4 is 0 Å². The smallest absolute Gasteiger partial charge is 0.0994 e. The molecule has 0 unspecified atom stereocenters. The Balaban J connectivity index is 0.000000522. The Bertz CT molecular complexity index is 525. The van der Waals surface area contributed by atoms with Gasteiger partial charge in [0.05, 0.1) is 11.6 Å². The van der Waals surface area contributed by atoms with Crippen LogP contribution in [0.4, 0.5) is 0 Å². The van der Waals surface area contributed by atoms with Crippen LogP contribution in [0, 0.1) is 31.1 Å². The zero-order valence-corrected chi connectivity index (χ0v) is 16.0. The first kappa shape index (κ1) is 20.9. The molecule has 0 atom stereocenters. The molecular weight excluding hydrogens is 338 g/mol. The van der Waals surface area contributed by atoms with Crippen molar-refractivity contribution in [2.24, 2.45) is 5.92 Å². The molecule has 0 spiro atoms. The summed E-state index contributed by atoms with van der Waals surface area (Å²) in [6.45, 7) is 8.43. The van der Waals surface area contributed by atoms with Gasteiger partial charge in [0.1, 0.15) is 0 Å². The molecule has 0 amide bonds. The number of benzene rings is 1. The monoisotopic (exact) mass is 365 g/mol. The lowest BCUT2D eigenvalue weighted by Crippen LogP contribution is -2.04. The quantitative estimate of drug-likeness (QED) is 0.726. The summed E-state index contributed by atoms with van der Waals surface area (Å²) in [6.07, 6.45) is 7.55. The van der Waals surface area contributed by atoms with Gasteiger partial charge in [0.15, 0.2) is 0 Å². The second-order valence-electron chi connectivity index (χ2n) is 5.59. The molecule has 1 aromatic rings. The summed E-state index contributed by atoms with van der Waals surface area (Å²) in [6, 6.07) is 6.21. The zero-order valence-electron chi connectivity index (χ0n) is 14.4. The highest BCUT2D eigenvalue weighted by Crippen LogP contribution is 2.27. The van der Waals surface area contributed by atoms with E-state index in [1.807, 2.05) is 13.0 Å². The minimum atomic E-state index is 0.747. The van der Waals surface area contributed by atoms with Crippen molar-refractivity contribution >= 4 is 20.4 Å². The van der Waals surface area contributed by atoms with Gasteiger partial charge >= 0.3 is 0 Å². The molecule has 0 saturated heterocycles. The van der Waals surface area contributed by atoms with Gasteiger partial charge in [-0.2, -0.15) is 5.26 Å². The first-order chi connectivity index (χ1) is 10.5. The predicted octanol–water partition coefficient (Wildman–Crippen LogP) is 5.74. The van der Waals surface area contributed by atoms with Crippen LogP contribution in [-0.4, -0.2) is 12.2 Å². The number of aliphatic hydroxyl groups excluding tert-OH is 1. The fraction of sp³-hybridized carbons (Fsp3) is 0.526. The topological polar surface area (TPSA) is 44.0 Å². The maximum absolute atomic E-state index is 8.96. The molecule has 22 heavy (non-hydrogen) atoms. The van der Waals surface area contributed by atoms with Crippen molar-refractivity contribution in [3.05, 3.63) is 40.5 Å². The van der Waals surface area contributed by atoms with Crippen LogP contribution in [0.15, 0.2) is 18.2 Å². The zero-order chi connectivity index (χ0) is 17.1. The Morgan fingerprint density at radius 3 is 2.23 bits per heavy atom. The molecule has 0 bridgehead atoms. The van der Waals surface area contributed by atoms with E-state index in [9.17, 15) is 0 Å². The van der Waals surface area contributed by atoms with E-state index < -0.39 is 0 Å². The van der Waals surface area contributed by atoms with E-state index in [4.69, 9.17) is 10.4 Å². The van der Waals surface area contributed by atoms with Gasteiger partial charge < -0.3 is 5.11 Å². The van der Waals surface area contributed by atoms with Crippen molar-refractivity contribution < 1.29 is 5.11 Å². The maximum atomic E-state index is 8.96. The number of aryl methyl sites for hydroxylation is 2. The molecule has 122 valence electrons. The molecule has 1 saturated carbocycles. The summed E-state index contributed by atoms with van der Waals surface area (Å²) in [7, 11) is 1.00. The molecule has 0 radical (unpaired) electrons. The average molecular weight is 366 g/mol. The van der Waals surface area contributed by atoms with Crippen LogP contribution >= 0.6 is 15.9 Å². The van der Waals surface area contributed by atoms with Crippen molar-refractivity contribution in [1.82, 2.24) is 0 Å². The van der Waals surface area contributed by atoms with Crippen LogP contribution in [0.2, 0.25) is 0 Å². The summed E-state index contributed by atoms with van der Waals surface area (Å²) < 4.78 is 1.07. The number of halogens is 1. The van der Waals surface area contributed by atoms with Gasteiger partial charge in [0.25, 0.3) is 0 Å². The lowest BCUT2D eigenvalue weighted by molar-refractivity contribution is 0.346. The van der Waals surface area contributed by atoms with Gasteiger partial charge in [0, 0.05) is 11.6 Å². The van der Waals surface area contributed by atoms with E-state index in [1.165, 1.54) is 24.8 Å². The molecule has 1 N–H and O–H groups in total. The van der Waals surface area contributed by atoms with E-state index in [1.54, 1.807) is 0 Å². The van der Waals surface area contributed by atoms with Crippen LogP contribution in [0.3, 0.4) is 0 Å². The normalized spacial score (nSPS) is 13.8.